The molecule has 0 unspecified atom stereocenters. The highest BCUT2D eigenvalue weighted by Gasteiger charge is 2.32. The van der Waals surface area contributed by atoms with Gasteiger partial charge in [0.1, 0.15) is 24.0 Å². The van der Waals surface area contributed by atoms with E-state index in [1.807, 2.05) is 59.2 Å². The van der Waals surface area contributed by atoms with Gasteiger partial charge in [0.25, 0.3) is 0 Å². The molecule has 310 valence electrons. The summed E-state index contributed by atoms with van der Waals surface area (Å²) in [4.78, 5) is 9.78. The molecule has 0 radical (unpaired) electrons. The lowest BCUT2D eigenvalue weighted by molar-refractivity contribution is 0.479. The molecule has 0 saturated heterocycles. The zero-order valence-electron chi connectivity index (χ0n) is 39.0. The van der Waals surface area contributed by atoms with Crippen LogP contribution in [0, 0.1) is 6.85 Å². The minimum atomic E-state index is -2.37. The summed E-state index contributed by atoms with van der Waals surface area (Å²) >= 11 is 0. The van der Waals surface area contributed by atoms with Gasteiger partial charge in [0, 0.05) is 55.6 Å². The molecule has 0 spiro atoms. The van der Waals surface area contributed by atoms with Crippen molar-refractivity contribution in [2.24, 2.45) is 0 Å². The number of para-hydroxylation sites is 4. The molecule has 2 aromatic heterocycles. The fourth-order valence-electron chi connectivity index (χ4n) is 9.20. The van der Waals surface area contributed by atoms with Gasteiger partial charge in [-0.3, -0.25) is 4.57 Å². The summed E-state index contributed by atoms with van der Waals surface area (Å²) in [7, 11) is 0. The zero-order chi connectivity index (χ0) is 45.9. The summed E-state index contributed by atoms with van der Waals surface area (Å²) in [6.45, 7) is 4.91. The zero-order valence-corrected chi connectivity index (χ0v) is 36.0. The maximum absolute atomic E-state index is 8.57. The van der Waals surface area contributed by atoms with Gasteiger partial charge in [0.05, 0.1) is 28.1 Å². The summed E-state index contributed by atoms with van der Waals surface area (Å²) < 4.78 is 34.7. The fourth-order valence-corrected chi connectivity index (χ4v) is 9.20. The summed E-state index contributed by atoms with van der Waals surface area (Å²) in [6, 6.07) is 68.8. The Balaban J connectivity index is 1.02. The van der Waals surface area contributed by atoms with Crippen molar-refractivity contribution >= 4 is 44.6 Å². The molecule has 0 amide bonds. The number of pyridine rings is 1. The monoisotopic (exact) mass is 831 g/mol. The number of anilines is 4. The van der Waals surface area contributed by atoms with Gasteiger partial charge in [-0.2, -0.15) is 0 Å². The Kier molecular flexibility index (Phi) is 8.80. The van der Waals surface area contributed by atoms with Gasteiger partial charge < -0.3 is 14.5 Å². The Morgan fingerprint density at radius 1 is 0.516 bits per heavy atom. The quantitative estimate of drug-likeness (QED) is 0.153. The maximum atomic E-state index is 8.57. The first-order chi connectivity index (χ1) is 32.5. The van der Waals surface area contributed by atoms with Crippen LogP contribution in [-0.4, -0.2) is 16.2 Å². The fraction of sp³-hybridized carbons (Fsp3) is 0.102. The van der Waals surface area contributed by atoms with Gasteiger partial charge in [-0.25, -0.2) is 4.98 Å². The Bertz CT molecular complexity index is 3390. The second-order valence-electron chi connectivity index (χ2n) is 17.5. The number of nitrogens with zero attached hydrogens (tertiary/aromatic N) is 4. The van der Waals surface area contributed by atoms with E-state index in [9.17, 15) is 0 Å². The third kappa shape index (κ3) is 6.96. The highest BCUT2D eigenvalue weighted by molar-refractivity contribution is 6.09. The van der Waals surface area contributed by atoms with Crippen LogP contribution in [0.5, 0.6) is 11.5 Å². The van der Waals surface area contributed by atoms with Crippen LogP contribution in [0.1, 0.15) is 36.0 Å². The molecule has 64 heavy (non-hydrogen) atoms. The van der Waals surface area contributed by atoms with Crippen LogP contribution in [0.2, 0.25) is 0 Å². The molecule has 11 rings (SSSR count). The summed E-state index contributed by atoms with van der Waals surface area (Å²) in [6.07, 6.45) is 1.69. The van der Waals surface area contributed by atoms with E-state index >= 15 is 0 Å². The van der Waals surface area contributed by atoms with Crippen LogP contribution in [0.3, 0.4) is 0 Å². The molecule has 0 saturated carbocycles. The van der Waals surface area contributed by atoms with E-state index in [-0.39, 0.29) is 11.0 Å². The van der Waals surface area contributed by atoms with Crippen molar-refractivity contribution in [3.8, 4) is 50.7 Å². The number of rotatable bonds is 8. The second-order valence-corrected chi connectivity index (χ2v) is 17.5. The number of hydrogen-bond donors (Lipinski definition) is 0. The molecule has 0 atom stereocenters. The van der Waals surface area contributed by atoms with Crippen LogP contribution < -0.4 is 14.5 Å². The largest absolute Gasteiger partial charge is 0.457 e. The predicted molar refractivity (Wildman–Crippen MR) is 267 cm³/mol. The molecule has 1 aliphatic rings. The molecule has 8 aromatic carbocycles. The molecular weight excluding hydrogens is 781 g/mol. The third-order valence-electron chi connectivity index (χ3n) is 12.4. The van der Waals surface area contributed by atoms with Crippen LogP contribution >= 0.6 is 0 Å². The number of aryl methyl sites for hydroxylation is 1. The molecule has 1 aliphatic heterocycles. The van der Waals surface area contributed by atoms with Gasteiger partial charge in [-0.1, -0.05) is 160 Å². The van der Waals surface area contributed by atoms with Crippen LogP contribution in [0.4, 0.5) is 22.7 Å². The molecule has 5 nitrogen and oxygen atoms in total. The van der Waals surface area contributed by atoms with Crippen LogP contribution in [0.15, 0.2) is 206 Å². The standard InChI is InChI=1S/C59H48N4O/c1-40-33-57(60-38-52(40)43-23-12-7-13-24-43)63-53-28-15-14-25-50(53)51-32-31-46(37-56(51)63)64-47-35-44(59(2,3)4)34-45(36-47)61-39-62(55-30-17-16-29-54(55)61)58-48(41-19-8-5-9-20-41)26-18-27-49(58)42-21-10-6-11-22-42/h5-38H,39H2,1-4H3/i1D3. The minimum Gasteiger partial charge on any atom is -0.457 e. The Hall–Kier alpha value is -7.89. The normalized spacial score (nSPS) is 13.5. The van der Waals surface area contributed by atoms with E-state index in [1.54, 1.807) is 12.3 Å². The first kappa shape index (κ1) is 35.7. The number of ether oxygens (including phenoxy) is 1. The highest BCUT2D eigenvalue weighted by atomic mass is 16.5. The first-order valence-electron chi connectivity index (χ1n) is 23.3. The predicted octanol–water partition coefficient (Wildman–Crippen LogP) is 15.8. The molecule has 5 heteroatoms. The lowest BCUT2D eigenvalue weighted by Crippen LogP contribution is -2.25. The van der Waals surface area contributed by atoms with Gasteiger partial charge in [0.2, 0.25) is 0 Å². The van der Waals surface area contributed by atoms with E-state index in [4.69, 9.17) is 13.8 Å². The van der Waals surface area contributed by atoms with E-state index in [0.29, 0.717) is 29.5 Å². The van der Waals surface area contributed by atoms with Crippen LogP contribution in [0.25, 0.3) is 61.0 Å². The van der Waals surface area contributed by atoms with Crippen molar-refractivity contribution in [3.63, 3.8) is 0 Å². The molecule has 0 aliphatic carbocycles. The first-order valence-corrected chi connectivity index (χ1v) is 21.8. The molecule has 0 N–H and O–H groups in total. The lowest BCUT2D eigenvalue weighted by atomic mass is 9.86. The van der Waals surface area contributed by atoms with Crippen molar-refractivity contribution in [1.82, 2.24) is 9.55 Å². The molecule has 0 bridgehead atoms. The highest BCUT2D eigenvalue weighted by Crippen LogP contribution is 2.51. The van der Waals surface area contributed by atoms with Crippen molar-refractivity contribution in [2.75, 3.05) is 16.5 Å². The van der Waals surface area contributed by atoms with E-state index < -0.39 is 6.85 Å². The Morgan fingerprint density at radius 2 is 1.11 bits per heavy atom. The second kappa shape index (κ2) is 15.8. The Morgan fingerprint density at radius 3 is 1.77 bits per heavy atom. The van der Waals surface area contributed by atoms with E-state index in [0.717, 1.165) is 77.9 Å². The van der Waals surface area contributed by atoms with Gasteiger partial charge >= 0.3 is 0 Å². The van der Waals surface area contributed by atoms with E-state index in [2.05, 4.69) is 170 Å². The molecule has 10 aromatic rings. The minimum absolute atomic E-state index is 0.193. The van der Waals surface area contributed by atoms with E-state index in [1.165, 1.54) is 0 Å². The van der Waals surface area contributed by atoms with Crippen molar-refractivity contribution in [2.45, 2.75) is 33.0 Å². The average molecular weight is 832 g/mol. The third-order valence-corrected chi connectivity index (χ3v) is 12.4. The van der Waals surface area contributed by atoms with Gasteiger partial charge in [-0.05, 0) is 88.6 Å². The van der Waals surface area contributed by atoms with Crippen molar-refractivity contribution in [1.29, 1.82) is 0 Å². The SMILES string of the molecule is [2H]C([2H])([2H])c1cc(-n2c3ccccc3c3ccc(Oc4cc(N5CN(c6c(-c7ccccc7)cccc6-c6ccccc6)c6ccccc65)cc(C(C)(C)C)c4)cc32)ncc1-c1ccccc1. The number of fused-ring (bicyclic) bond motifs is 4. The molecular formula is C59H48N4O. The Labute approximate surface area is 379 Å². The average Bonchev–Trinajstić information content (AvgIpc) is 3.90. The summed E-state index contributed by atoms with van der Waals surface area (Å²) in [5, 5.41) is 2.04. The van der Waals surface area contributed by atoms with Crippen LogP contribution in [-0.2, 0) is 5.41 Å². The number of aromatic nitrogens is 2. The van der Waals surface area contributed by atoms with Gasteiger partial charge in [-0.15, -0.1) is 0 Å². The van der Waals surface area contributed by atoms with Gasteiger partial charge in [0.15, 0.2) is 0 Å². The number of benzene rings is 8. The topological polar surface area (TPSA) is 33.5 Å². The van der Waals surface area contributed by atoms with Crippen molar-refractivity contribution in [3.05, 3.63) is 218 Å². The lowest BCUT2D eigenvalue weighted by Gasteiger charge is -2.28. The summed E-state index contributed by atoms with van der Waals surface area (Å²) in [5.74, 6) is 1.89. The molecule has 3 heterocycles. The number of hydrogen-bond acceptors (Lipinski definition) is 4. The molecule has 0 fully saturated rings. The maximum Gasteiger partial charge on any atom is 0.137 e. The summed E-state index contributed by atoms with van der Waals surface area (Å²) in [5.41, 5.74) is 13.4. The smallest absolute Gasteiger partial charge is 0.137 e. The van der Waals surface area contributed by atoms with Crippen molar-refractivity contribution < 1.29 is 8.85 Å².